The van der Waals surface area contributed by atoms with Crippen molar-refractivity contribution in [2.45, 2.75) is 19.8 Å². The summed E-state index contributed by atoms with van der Waals surface area (Å²) < 4.78 is 0. The van der Waals surface area contributed by atoms with Gasteiger partial charge in [0.05, 0.1) is 5.56 Å². The van der Waals surface area contributed by atoms with Gasteiger partial charge in [-0.3, -0.25) is 4.79 Å². The van der Waals surface area contributed by atoms with Crippen LogP contribution in [0.25, 0.3) is 0 Å². The van der Waals surface area contributed by atoms with Crippen molar-refractivity contribution in [2.24, 2.45) is 0 Å². The normalized spacial score (nSPS) is 13.4. The second-order valence-electron chi connectivity index (χ2n) is 5.18. The van der Waals surface area contributed by atoms with E-state index in [9.17, 15) is 4.79 Å². The predicted octanol–water partition coefficient (Wildman–Crippen LogP) is 2.56. The lowest BCUT2D eigenvalue weighted by Gasteiger charge is -2.18. The summed E-state index contributed by atoms with van der Waals surface area (Å²) in [6.07, 6.45) is 3.77. The summed E-state index contributed by atoms with van der Waals surface area (Å²) in [6.45, 7) is 2.90. The molecule has 1 aliphatic rings. The van der Waals surface area contributed by atoms with E-state index in [4.69, 9.17) is 5.73 Å². The standard InChI is InChI=1S/C16H17N3O/c1-10-7-13(16(17)19-9-10)15(20)12-4-5-14-11(8-12)3-2-6-18-14/h4-5,7-9,18H,2-3,6H2,1H3,(H2,17,19). The fraction of sp³-hybridized carbons (Fsp3) is 0.250. The summed E-state index contributed by atoms with van der Waals surface area (Å²) in [7, 11) is 0. The molecule has 1 aromatic heterocycles. The molecule has 1 aromatic carbocycles. The van der Waals surface area contributed by atoms with Crippen LogP contribution in [0.2, 0.25) is 0 Å². The van der Waals surface area contributed by atoms with Crippen molar-refractivity contribution in [1.82, 2.24) is 4.98 Å². The van der Waals surface area contributed by atoms with Crippen molar-refractivity contribution in [3.8, 4) is 0 Å². The van der Waals surface area contributed by atoms with Crippen molar-refractivity contribution < 1.29 is 4.79 Å². The number of benzene rings is 1. The zero-order chi connectivity index (χ0) is 14.1. The topological polar surface area (TPSA) is 68.0 Å². The van der Waals surface area contributed by atoms with Gasteiger partial charge in [0.2, 0.25) is 0 Å². The third kappa shape index (κ3) is 2.25. The highest BCUT2D eigenvalue weighted by molar-refractivity contribution is 6.12. The number of rotatable bonds is 2. The summed E-state index contributed by atoms with van der Waals surface area (Å²) in [6, 6.07) is 7.58. The number of pyridine rings is 1. The molecule has 3 rings (SSSR count). The molecule has 4 heteroatoms. The van der Waals surface area contributed by atoms with Crippen LogP contribution in [0.5, 0.6) is 0 Å². The van der Waals surface area contributed by atoms with Gasteiger partial charge in [-0.15, -0.1) is 0 Å². The Morgan fingerprint density at radius 3 is 3.05 bits per heavy atom. The first-order chi connectivity index (χ1) is 9.65. The van der Waals surface area contributed by atoms with Gasteiger partial charge >= 0.3 is 0 Å². The number of nitrogens with zero attached hydrogens (tertiary/aromatic N) is 1. The average Bonchev–Trinajstić information content (AvgIpc) is 2.48. The Bertz CT molecular complexity index is 679. The molecule has 0 saturated carbocycles. The van der Waals surface area contributed by atoms with Crippen LogP contribution in [0, 0.1) is 6.92 Å². The zero-order valence-electron chi connectivity index (χ0n) is 11.4. The van der Waals surface area contributed by atoms with Gasteiger partial charge in [-0.1, -0.05) is 0 Å². The Balaban J connectivity index is 2.00. The van der Waals surface area contributed by atoms with E-state index < -0.39 is 0 Å². The summed E-state index contributed by atoms with van der Waals surface area (Å²) in [5.41, 5.74) is 10.2. The Morgan fingerprint density at radius 2 is 2.20 bits per heavy atom. The Kier molecular flexibility index (Phi) is 3.14. The maximum absolute atomic E-state index is 12.6. The van der Waals surface area contributed by atoms with Gasteiger partial charge in [0, 0.05) is 24.0 Å². The predicted molar refractivity (Wildman–Crippen MR) is 80.1 cm³/mol. The number of ketones is 1. The highest BCUT2D eigenvalue weighted by Gasteiger charge is 2.16. The Labute approximate surface area is 118 Å². The molecule has 4 nitrogen and oxygen atoms in total. The summed E-state index contributed by atoms with van der Waals surface area (Å²) >= 11 is 0. The van der Waals surface area contributed by atoms with E-state index in [-0.39, 0.29) is 11.6 Å². The first kappa shape index (κ1) is 12.7. The van der Waals surface area contributed by atoms with Crippen molar-refractivity contribution in [3.05, 3.63) is 52.7 Å². The highest BCUT2D eigenvalue weighted by atomic mass is 16.1. The van der Waals surface area contributed by atoms with E-state index in [1.54, 1.807) is 12.3 Å². The number of hydrogen-bond acceptors (Lipinski definition) is 4. The number of carbonyl (C=O) groups excluding carboxylic acids is 1. The summed E-state index contributed by atoms with van der Waals surface area (Å²) in [4.78, 5) is 16.6. The smallest absolute Gasteiger partial charge is 0.196 e. The molecule has 0 amide bonds. The van der Waals surface area contributed by atoms with Crippen LogP contribution in [0.1, 0.15) is 33.5 Å². The van der Waals surface area contributed by atoms with Crippen LogP contribution in [-0.4, -0.2) is 17.3 Å². The second kappa shape index (κ2) is 4.96. The molecule has 3 N–H and O–H groups in total. The minimum Gasteiger partial charge on any atom is -0.385 e. The largest absolute Gasteiger partial charge is 0.385 e. The van der Waals surface area contributed by atoms with E-state index in [1.807, 2.05) is 25.1 Å². The van der Waals surface area contributed by atoms with Crippen LogP contribution in [0.3, 0.4) is 0 Å². The van der Waals surface area contributed by atoms with Gasteiger partial charge in [-0.2, -0.15) is 0 Å². The number of nitrogens with two attached hydrogens (primary N) is 1. The molecule has 2 heterocycles. The van der Waals surface area contributed by atoms with Gasteiger partial charge < -0.3 is 11.1 Å². The van der Waals surface area contributed by atoms with Crippen LogP contribution >= 0.6 is 0 Å². The Hall–Kier alpha value is -2.36. The fourth-order valence-electron chi connectivity index (χ4n) is 2.53. The number of nitrogen functional groups attached to an aromatic ring is 1. The number of aryl methyl sites for hydroxylation is 2. The molecule has 0 aliphatic carbocycles. The van der Waals surface area contributed by atoms with Crippen LogP contribution in [0.4, 0.5) is 11.5 Å². The maximum atomic E-state index is 12.6. The number of aromatic nitrogens is 1. The first-order valence-corrected chi connectivity index (χ1v) is 6.79. The van der Waals surface area contributed by atoms with Gasteiger partial charge in [-0.25, -0.2) is 4.98 Å². The molecular formula is C16H17N3O. The molecule has 0 radical (unpaired) electrons. The molecule has 0 bridgehead atoms. The van der Waals surface area contributed by atoms with Crippen molar-refractivity contribution >= 4 is 17.3 Å². The lowest BCUT2D eigenvalue weighted by molar-refractivity contribution is 0.103. The number of nitrogens with one attached hydrogen (secondary N) is 1. The van der Waals surface area contributed by atoms with E-state index in [0.29, 0.717) is 11.1 Å². The number of anilines is 2. The van der Waals surface area contributed by atoms with Gasteiger partial charge in [0.15, 0.2) is 5.78 Å². The Morgan fingerprint density at radius 1 is 1.35 bits per heavy atom. The summed E-state index contributed by atoms with van der Waals surface area (Å²) in [5, 5.41) is 3.34. The van der Waals surface area contributed by atoms with E-state index in [2.05, 4.69) is 10.3 Å². The number of fused-ring (bicyclic) bond motifs is 1. The van der Waals surface area contributed by atoms with Crippen molar-refractivity contribution in [1.29, 1.82) is 0 Å². The van der Waals surface area contributed by atoms with E-state index >= 15 is 0 Å². The molecule has 0 saturated heterocycles. The van der Waals surface area contributed by atoms with E-state index in [1.165, 1.54) is 5.56 Å². The van der Waals surface area contributed by atoms with Crippen LogP contribution < -0.4 is 11.1 Å². The molecule has 0 unspecified atom stereocenters. The molecule has 0 spiro atoms. The first-order valence-electron chi connectivity index (χ1n) is 6.79. The number of carbonyl (C=O) groups is 1. The maximum Gasteiger partial charge on any atom is 0.196 e. The SMILES string of the molecule is Cc1cnc(N)c(C(=O)c2ccc3c(c2)CCCN3)c1. The highest BCUT2D eigenvalue weighted by Crippen LogP contribution is 2.25. The minimum absolute atomic E-state index is 0.0629. The molecule has 0 atom stereocenters. The third-order valence-corrected chi connectivity index (χ3v) is 3.61. The molecule has 2 aromatic rings. The minimum atomic E-state index is -0.0629. The average molecular weight is 267 g/mol. The van der Waals surface area contributed by atoms with Crippen LogP contribution in [0.15, 0.2) is 30.5 Å². The lowest BCUT2D eigenvalue weighted by Crippen LogP contribution is -2.13. The van der Waals surface area contributed by atoms with Gasteiger partial charge in [-0.05, 0) is 55.2 Å². The molecule has 20 heavy (non-hydrogen) atoms. The van der Waals surface area contributed by atoms with Gasteiger partial charge in [0.1, 0.15) is 5.82 Å². The third-order valence-electron chi connectivity index (χ3n) is 3.61. The number of hydrogen-bond donors (Lipinski definition) is 2. The van der Waals surface area contributed by atoms with Gasteiger partial charge in [0.25, 0.3) is 0 Å². The molecule has 102 valence electrons. The molecule has 1 aliphatic heterocycles. The van der Waals surface area contributed by atoms with Crippen molar-refractivity contribution in [3.63, 3.8) is 0 Å². The zero-order valence-corrected chi connectivity index (χ0v) is 11.4. The van der Waals surface area contributed by atoms with E-state index in [0.717, 1.165) is 30.6 Å². The second-order valence-corrected chi connectivity index (χ2v) is 5.18. The summed E-state index contributed by atoms with van der Waals surface area (Å²) in [5.74, 6) is 0.225. The van der Waals surface area contributed by atoms with Crippen molar-refractivity contribution in [2.75, 3.05) is 17.6 Å². The monoisotopic (exact) mass is 267 g/mol. The lowest BCUT2D eigenvalue weighted by atomic mass is 9.96. The van der Waals surface area contributed by atoms with Crippen LogP contribution in [-0.2, 0) is 6.42 Å². The fourth-order valence-corrected chi connectivity index (χ4v) is 2.53. The molecular weight excluding hydrogens is 250 g/mol. The molecule has 0 fully saturated rings. The quantitative estimate of drug-likeness (QED) is 0.821.